The lowest BCUT2D eigenvalue weighted by Crippen LogP contribution is -2.52. The third kappa shape index (κ3) is 2.75. The SMILES string of the molecule is CC(N1CCCC1)N1CCn2c(c(-c3ccccc3)c3cc(Cl)ccc32)C1=O. The van der Waals surface area contributed by atoms with Crippen LogP contribution in [0.15, 0.2) is 48.5 Å². The quantitative estimate of drug-likeness (QED) is 0.635. The van der Waals surface area contributed by atoms with Crippen LogP contribution in [0, 0.1) is 0 Å². The Labute approximate surface area is 170 Å². The van der Waals surface area contributed by atoms with E-state index >= 15 is 0 Å². The van der Waals surface area contributed by atoms with E-state index < -0.39 is 0 Å². The average molecular weight is 394 g/mol. The highest BCUT2D eigenvalue weighted by molar-refractivity contribution is 6.31. The topological polar surface area (TPSA) is 28.5 Å². The van der Waals surface area contributed by atoms with Crippen molar-refractivity contribution in [3.63, 3.8) is 0 Å². The molecule has 0 N–H and O–H groups in total. The highest BCUT2D eigenvalue weighted by Gasteiger charge is 2.35. The van der Waals surface area contributed by atoms with Crippen molar-refractivity contribution in [2.24, 2.45) is 0 Å². The number of carbonyl (C=O) groups excluding carboxylic acids is 1. The van der Waals surface area contributed by atoms with E-state index in [-0.39, 0.29) is 12.1 Å². The van der Waals surface area contributed by atoms with Gasteiger partial charge in [0.25, 0.3) is 5.91 Å². The Bertz CT molecular complexity index is 1040. The van der Waals surface area contributed by atoms with Gasteiger partial charge >= 0.3 is 0 Å². The number of likely N-dealkylation sites (tertiary alicyclic amines) is 1. The van der Waals surface area contributed by atoms with Crippen LogP contribution in [0.2, 0.25) is 5.02 Å². The normalized spacial score (nSPS) is 18.6. The Kier molecular flexibility index (Phi) is 4.41. The molecule has 144 valence electrons. The fourth-order valence-electron chi connectivity index (χ4n) is 4.79. The second-order valence-corrected chi connectivity index (χ2v) is 8.21. The van der Waals surface area contributed by atoms with Gasteiger partial charge in [0.1, 0.15) is 5.69 Å². The Morgan fingerprint density at radius 3 is 2.46 bits per heavy atom. The molecule has 0 saturated carbocycles. The maximum Gasteiger partial charge on any atom is 0.272 e. The van der Waals surface area contributed by atoms with Crippen molar-refractivity contribution >= 4 is 28.4 Å². The van der Waals surface area contributed by atoms with Crippen LogP contribution in [0.5, 0.6) is 0 Å². The first-order chi connectivity index (χ1) is 13.6. The van der Waals surface area contributed by atoms with Crippen LogP contribution in [0.3, 0.4) is 0 Å². The molecule has 3 aromatic rings. The molecule has 2 aromatic carbocycles. The van der Waals surface area contributed by atoms with Crippen molar-refractivity contribution in [1.82, 2.24) is 14.4 Å². The van der Waals surface area contributed by atoms with Gasteiger partial charge in [-0.1, -0.05) is 41.9 Å². The van der Waals surface area contributed by atoms with E-state index in [4.69, 9.17) is 11.6 Å². The highest BCUT2D eigenvalue weighted by Crippen LogP contribution is 2.39. The van der Waals surface area contributed by atoms with E-state index in [2.05, 4.69) is 28.5 Å². The Morgan fingerprint density at radius 1 is 0.964 bits per heavy atom. The number of amides is 1. The molecule has 1 amide bonds. The minimum Gasteiger partial charge on any atom is -0.334 e. The first kappa shape index (κ1) is 17.8. The molecule has 5 heteroatoms. The lowest BCUT2D eigenvalue weighted by atomic mass is 10.0. The molecule has 28 heavy (non-hydrogen) atoms. The van der Waals surface area contributed by atoms with E-state index in [0.717, 1.165) is 53.9 Å². The summed E-state index contributed by atoms with van der Waals surface area (Å²) in [5, 5.41) is 1.75. The van der Waals surface area contributed by atoms with Crippen LogP contribution in [-0.2, 0) is 6.54 Å². The van der Waals surface area contributed by atoms with Crippen molar-refractivity contribution in [3.8, 4) is 11.1 Å². The molecule has 1 unspecified atom stereocenters. The summed E-state index contributed by atoms with van der Waals surface area (Å²) in [6.07, 6.45) is 2.58. The maximum absolute atomic E-state index is 13.7. The van der Waals surface area contributed by atoms with E-state index in [1.807, 2.05) is 41.3 Å². The predicted molar refractivity (Wildman–Crippen MR) is 114 cm³/mol. The zero-order valence-electron chi connectivity index (χ0n) is 16.1. The van der Waals surface area contributed by atoms with Crippen molar-refractivity contribution in [2.75, 3.05) is 19.6 Å². The molecule has 0 aliphatic carbocycles. The molecule has 1 atom stereocenters. The molecule has 0 spiro atoms. The summed E-state index contributed by atoms with van der Waals surface area (Å²) in [6.45, 7) is 5.87. The Hall–Kier alpha value is -2.30. The summed E-state index contributed by atoms with van der Waals surface area (Å²) in [5.74, 6) is 0.122. The number of benzene rings is 2. The van der Waals surface area contributed by atoms with Crippen LogP contribution in [0.4, 0.5) is 0 Å². The second kappa shape index (κ2) is 6.94. The average Bonchev–Trinajstić information content (AvgIpc) is 3.35. The summed E-state index contributed by atoms with van der Waals surface area (Å²) in [5.41, 5.74) is 3.94. The van der Waals surface area contributed by atoms with Crippen molar-refractivity contribution in [1.29, 1.82) is 0 Å². The molecule has 0 radical (unpaired) electrons. The number of halogens is 1. The van der Waals surface area contributed by atoms with Gasteiger partial charge in [-0.3, -0.25) is 9.69 Å². The van der Waals surface area contributed by atoms with Crippen molar-refractivity contribution in [3.05, 3.63) is 59.2 Å². The zero-order chi connectivity index (χ0) is 19.3. The van der Waals surface area contributed by atoms with Gasteiger partial charge in [-0.2, -0.15) is 0 Å². The molecular weight excluding hydrogens is 370 g/mol. The number of carbonyl (C=O) groups is 1. The predicted octanol–water partition coefficient (Wildman–Crippen LogP) is 4.86. The second-order valence-electron chi connectivity index (χ2n) is 7.78. The van der Waals surface area contributed by atoms with Crippen molar-refractivity contribution < 1.29 is 4.79 Å². The van der Waals surface area contributed by atoms with Gasteiger partial charge in [0.2, 0.25) is 0 Å². The molecule has 1 aromatic heterocycles. The van der Waals surface area contributed by atoms with E-state index in [9.17, 15) is 4.79 Å². The van der Waals surface area contributed by atoms with Crippen LogP contribution in [0.25, 0.3) is 22.0 Å². The van der Waals surface area contributed by atoms with Gasteiger partial charge in [0, 0.05) is 47.7 Å². The number of hydrogen-bond acceptors (Lipinski definition) is 2. The van der Waals surface area contributed by atoms with Gasteiger partial charge in [-0.15, -0.1) is 0 Å². The van der Waals surface area contributed by atoms with Crippen LogP contribution in [0.1, 0.15) is 30.3 Å². The monoisotopic (exact) mass is 393 g/mol. The minimum absolute atomic E-state index is 0.122. The molecule has 3 heterocycles. The van der Waals surface area contributed by atoms with Crippen LogP contribution in [-0.4, -0.2) is 46.1 Å². The number of hydrogen-bond donors (Lipinski definition) is 0. The van der Waals surface area contributed by atoms with Gasteiger partial charge < -0.3 is 9.47 Å². The van der Waals surface area contributed by atoms with Crippen LogP contribution < -0.4 is 0 Å². The number of nitrogens with zero attached hydrogens (tertiary/aromatic N) is 3. The smallest absolute Gasteiger partial charge is 0.272 e. The largest absolute Gasteiger partial charge is 0.334 e. The Balaban J connectivity index is 1.68. The first-order valence-electron chi connectivity index (χ1n) is 10.1. The standard InChI is InChI=1S/C23H24ClN3O/c1-16(25-11-5-6-12-25)26-13-14-27-20-10-9-18(24)15-19(20)21(22(27)23(26)28)17-7-3-2-4-8-17/h2-4,7-10,15-16H,5-6,11-14H2,1H3. The summed E-state index contributed by atoms with van der Waals surface area (Å²) in [7, 11) is 0. The number of fused-ring (bicyclic) bond motifs is 3. The summed E-state index contributed by atoms with van der Waals surface area (Å²) < 4.78 is 2.18. The maximum atomic E-state index is 13.7. The molecule has 0 bridgehead atoms. The van der Waals surface area contributed by atoms with E-state index in [1.165, 1.54) is 12.8 Å². The summed E-state index contributed by atoms with van der Waals surface area (Å²) >= 11 is 6.33. The summed E-state index contributed by atoms with van der Waals surface area (Å²) in [4.78, 5) is 18.2. The summed E-state index contributed by atoms with van der Waals surface area (Å²) in [6, 6.07) is 16.1. The molecular formula is C23H24ClN3O. The Morgan fingerprint density at radius 2 is 1.71 bits per heavy atom. The minimum atomic E-state index is 0.122. The number of aromatic nitrogens is 1. The van der Waals surface area contributed by atoms with E-state index in [0.29, 0.717) is 5.02 Å². The van der Waals surface area contributed by atoms with Crippen LogP contribution >= 0.6 is 11.6 Å². The molecule has 2 aliphatic heterocycles. The van der Waals surface area contributed by atoms with Crippen molar-refractivity contribution in [2.45, 2.75) is 32.5 Å². The van der Waals surface area contributed by atoms with Gasteiger partial charge in [0.15, 0.2) is 0 Å². The molecule has 4 nitrogen and oxygen atoms in total. The fraction of sp³-hybridized carbons (Fsp3) is 0.348. The third-order valence-electron chi connectivity index (χ3n) is 6.24. The fourth-order valence-corrected chi connectivity index (χ4v) is 4.96. The molecule has 1 fully saturated rings. The lowest BCUT2D eigenvalue weighted by Gasteiger charge is -2.38. The lowest BCUT2D eigenvalue weighted by molar-refractivity contribution is 0.0373. The third-order valence-corrected chi connectivity index (χ3v) is 6.47. The highest BCUT2D eigenvalue weighted by atomic mass is 35.5. The first-order valence-corrected chi connectivity index (χ1v) is 10.4. The van der Waals surface area contributed by atoms with Gasteiger partial charge in [0.05, 0.1) is 6.17 Å². The van der Waals surface area contributed by atoms with E-state index in [1.54, 1.807) is 0 Å². The molecule has 2 aliphatic rings. The number of rotatable bonds is 3. The van der Waals surface area contributed by atoms with Gasteiger partial charge in [-0.05, 0) is 43.5 Å². The molecule has 5 rings (SSSR count). The molecule has 1 saturated heterocycles. The zero-order valence-corrected chi connectivity index (χ0v) is 16.8. The van der Waals surface area contributed by atoms with Gasteiger partial charge in [-0.25, -0.2) is 0 Å².